The Morgan fingerprint density at radius 1 is 0.919 bits per heavy atom. The number of ether oxygens (including phenoxy) is 2. The minimum Gasteiger partial charge on any atom is -0.493 e. The van der Waals surface area contributed by atoms with Crippen LogP contribution in [0.1, 0.15) is 52.0 Å². The fraction of sp³-hybridized carbons (Fsp3) is 0.310. The van der Waals surface area contributed by atoms with Gasteiger partial charge in [0.25, 0.3) is 11.8 Å². The Morgan fingerprint density at radius 2 is 1.57 bits per heavy atom. The molecule has 0 spiro atoms. The number of amides is 2. The zero-order valence-corrected chi connectivity index (χ0v) is 21.1. The fourth-order valence-corrected chi connectivity index (χ4v) is 4.67. The molecular formula is C29H32FN3O4. The molecule has 194 valence electrons. The van der Waals surface area contributed by atoms with Gasteiger partial charge in [0.15, 0.2) is 11.5 Å². The molecule has 2 amide bonds. The quantitative estimate of drug-likeness (QED) is 0.449. The molecular weight excluding hydrogens is 473 g/mol. The number of benzene rings is 3. The third kappa shape index (κ3) is 6.27. The largest absolute Gasteiger partial charge is 0.493 e. The van der Waals surface area contributed by atoms with Crippen LogP contribution in [-0.2, 0) is 6.54 Å². The topological polar surface area (TPSA) is 93.9 Å². The Morgan fingerprint density at radius 3 is 2.24 bits per heavy atom. The Labute approximate surface area is 216 Å². The first-order valence-corrected chi connectivity index (χ1v) is 12.3. The third-order valence-electron chi connectivity index (χ3n) is 6.79. The number of carbonyl (C=O) groups is 2. The highest BCUT2D eigenvalue weighted by atomic mass is 19.1. The Hall–Kier alpha value is -3.91. The number of para-hydroxylation sites is 1. The number of hydrogen-bond acceptors (Lipinski definition) is 5. The summed E-state index contributed by atoms with van der Waals surface area (Å²) in [4.78, 5) is 28.6. The summed E-state index contributed by atoms with van der Waals surface area (Å²) < 4.78 is 24.0. The average molecular weight is 506 g/mol. The number of halogens is 1. The van der Waals surface area contributed by atoms with Gasteiger partial charge < -0.3 is 25.4 Å². The van der Waals surface area contributed by atoms with E-state index in [0.717, 1.165) is 31.2 Å². The number of nitrogens with one attached hydrogen (secondary N) is 1. The molecule has 0 heterocycles. The van der Waals surface area contributed by atoms with Gasteiger partial charge in [0.1, 0.15) is 5.82 Å². The van der Waals surface area contributed by atoms with Gasteiger partial charge in [0.05, 0.1) is 14.2 Å². The Balaban J connectivity index is 1.62. The summed E-state index contributed by atoms with van der Waals surface area (Å²) in [6.45, 7) is 0.299. The molecule has 0 unspecified atom stereocenters. The molecule has 8 heteroatoms. The molecule has 1 aliphatic rings. The average Bonchev–Trinajstić information content (AvgIpc) is 2.92. The van der Waals surface area contributed by atoms with Gasteiger partial charge >= 0.3 is 0 Å². The lowest BCUT2D eigenvalue weighted by Crippen LogP contribution is -2.44. The van der Waals surface area contributed by atoms with E-state index in [9.17, 15) is 14.0 Å². The molecule has 1 aliphatic carbocycles. The van der Waals surface area contributed by atoms with Crippen LogP contribution in [0.25, 0.3) is 0 Å². The normalized spacial score (nSPS) is 17.1. The maximum atomic E-state index is 13.9. The molecule has 0 aromatic heterocycles. The van der Waals surface area contributed by atoms with E-state index >= 15 is 0 Å². The van der Waals surface area contributed by atoms with Crippen LogP contribution in [0, 0.1) is 5.82 Å². The Bertz CT molecular complexity index is 1240. The first-order chi connectivity index (χ1) is 17.9. The number of nitrogens with zero attached hydrogens (tertiary/aromatic N) is 1. The second-order valence-corrected chi connectivity index (χ2v) is 9.19. The number of hydrogen-bond donors (Lipinski definition) is 2. The lowest BCUT2D eigenvalue weighted by atomic mass is 9.90. The maximum absolute atomic E-state index is 13.9. The van der Waals surface area contributed by atoms with Crippen molar-refractivity contribution >= 4 is 17.5 Å². The Kier molecular flexibility index (Phi) is 8.40. The van der Waals surface area contributed by atoms with Crippen molar-refractivity contribution in [1.82, 2.24) is 4.90 Å². The summed E-state index contributed by atoms with van der Waals surface area (Å²) >= 11 is 0. The molecule has 0 atom stereocenters. The number of nitrogens with two attached hydrogens (primary N) is 1. The molecule has 1 fully saturated rings. The van der Waals surface area contributed by atoms with Crippen molar-refractivity contribution in [2.24, 2.45) is 5.73 Å². The van der Waals surface area contributed by atoms with Crippen molar-refractivity contribution in [2.45, 2.75) is 44.3 Å². The van der Waals surface area contributed by atoms with Crippen molar-refractivity contribution < 1.29 is 23.5 Å². The maximum Gasteiger partial charge on any atom is 0.255 e. The van der Waals surface area contributed by atoms with E-state index in [1.165, 1.54) is 31.4 Å². The van der Waals surface area contributed by atoms with Gasteiger partial charge in [-0.05, 0) is 79.8 Å². The standard InChI is InChI=1S/C29H32FN3O4/c1-36-26-16-9-20(17-27(26)37-2)29(35)33(24-14-12-23(31)13-15-24)18-21-5-3-4-6-25(21)32-28(34)19-7-10-22(30)11-8-19/h3-11,16-17,23-24H,12-15,18,31H2,1-2H3,(H,32,34). The van der Waals surface area contributed by atoms with E-state index in [1.807, 2.05) is 23.1 Å². The van der Waals surface area contributed by atoms with E-state index in [2.05, 4.69) is 5.32 Å². The molecule has 1 saturated carbocycles. The second-order valence-electron chi connectivity index (χ2n) is 9.19. The number of rotatable bonds is 8. The van der Waals surface area contributed by atoms with Gasteiger partial charge in [-0.15, -0.1) is 0 Å². The van der Waals surface area contributed by atoms with Crippen molar-refractivity contribution in [2.75, 3.05) is 19.5 Å². The van der Waals surface area contributed by atoms with Gasteiger partial charge in [-0.3, -0.25) is 9.59 Å². The molecule has 3 N–H and O–H groups in total. The van der Waals surface area contributed by atoms with Crippen LogP contribution in [0.3, 0.4) is 0 Å². The van der Waals surface area contributed by atoms with Crippen LogP contribution < -0.4 is 20.5 Å². The lowest BCUT2D eigenvalue weighted by molar-refractivity contribution is 0.0606. The number of methoxy groups -OCH3 is 2. The zero-order chi connectivity index (χ0) is 26.4. The molecule has 0 bridgehead atoms. The van der Waals surface area contributed by atoms with E-state index < -0.39 is 5.82 Å². The van der Waals surface area contributed by atoms with Crippen LogP contribution in [0.5, 0.6) is 11.5 Å². The summed E-state index contributed by atoms with van der Waals surface area (Å²) in [5.74, 6) is 0.123. The molecule has 3 aromatic rings. The first-order valence-electron chi connectivity index (χ1n) is 12.3. The minimum atomic E-state index is -0.409. The van der Waals surface area contributed by atoms with Crippen LogP contribution in [0.2, 0.25) is 0 Å². The molecule has 37 heavy (non-hydrogen) atoms. The molecule has 4 rings (SSSR count). The smallest absolute Gasteiger partial charge is 0.255 e. The van der Waals surface area contributed by atoms with Gasteiger partial charge in [-0.1, -0.05) is 18.2 Å². The van der Waals surface area contributed by atoms with Crippen molar-refractivity contribution in [1.29, 1.82) is 0 Å². The van der Waals surface area contributed by atoms with Gasteiger partial charge in [0.2, 0.25) is 0 Å². The molecule has 0 radical (unpaired) electrons. The first kappa shape index (κ1) is 26.2. The molecule has 3 aromatic carbocycles. The second kappa shape index (κ2) is 11.9. The molecule has 0 aliphatic heterocycles. The molecule has 0 saturated heterocycles. The van der Waals surface area contributed by atoms with Gasteiger partial charge in [-0.2, -0.15) is 0 Å². The minimum absolute atomic E-state index is 0.00116. The summed E-state index contributed by atoms with van der Waals surface area (Å²) in [6, 6.07) is 18.0. The van der Waals surface area contributed by atoms with Crippen LogP contribution in [0.15, 0.2) is 66.7 Å². The predicted octanol–water partition coefficient (Wildman–Crippen LogP) is 5.01. The summed E-state index contributed by atoms with van der Waals surface area (Å²) in [5.41, 5.74) is 8.36. The number of anilines is 1. The SMILES string of the molecule is COc1ccc(C(=O)N(Cc2ccccc2NC(=O)c2ccc(F)cc2)C2CCC(N)CC2)cc1OC. The zero-order valence-electron chi connectivity index (χ0n) is 21.1. The lowest BCUT2D eigenvalue weighted by Gasteiger charge is -2.36. The van der Waals surface area contributed by atoms with E-state index in [1.54, 1.807) is 31.4 Å². The fourth-order valence-electron chi connectivity index (χ4n) is 4.67. The monoisotopic (exact) mass is 505 g/mol. The molecule has 7 nitrogen and oxygen atoms in total. The van der Waals surface area contributed by atoms with Crippen molar-refractivity contribution in [3.05, 3.63) is 89.2 Å². The van der Waals surface area contributed by atoms with Gasteiger partial charge in [0, 0.05) is 35.4 Å². The summed E-state index contributed by atoms with van der Waals surface area (Å²) in [6.07, 6.45) is 3.27. The highest BCUT2D eigenvalue weighted by molar-refractivity contribution is 6.04. The summed E-state index contributed by atoms with van der Waals surface area (Å²) in [5, 5.41) is 2.92. The van der Waals surface area contributed by atoms with Crippen molar-refractivity contribution in [3.8, 4) is 11.5 Å². The summed E-state index contributed by atoms with van der Waals surface area (Å²) in [7, 11) is 3.08. The van der Waals surface area contributed by atoms with Crippen LogP contribution in [-0.4, -0.2) is 43.0 Å². The predicted molar refractivity (Wildman–Crippen MR) is 140 cm³/mol. The van der Waals surface area contributed by atoms with Crippen molar-refractivity contribution in [3.63, 3.8) is 0 Å². The number of carbonyl (C=O) groups excluding carboxylic acids is 2. The highest BCUT2D eigenvalue weighted by Gasteiger charge is 2.29. The van der Waals surface area contributed by atoms with E-state index in [-0.39, 0.29) is 23.9 Å². The van der Waals surface area contributed by atoms with Gasteiger partial charge in [-0.25, -0.2) is 4.39 Å². The van der Waals surface area contributed by atoms with E-state index in [0.29, 0.717) is 34.9 Å². The highest BCUT2D eigenvalue weighted by Crippen LogP contribution is 2.31. The van der Waals surface area contributed by atoms with Crippen LogP contribution >= 0.6 is 0 Å². The van der Waals surface area contributed by atoms with Crippen LogP contribution in [0.4, 0.5) is 10.1 Å². The third-order valence-corrected chi connectivity index (χ3v) is 6.79. The van der Waals surface area contributed by atoms with E-state index in [4.69, 9.17) is 15.2 Å².